The summed E-state index contributed by atoms with van der Waals surface area (Å²) < 4.78 is 5.73. The summed E-state index contributed by atoms with van der Waals surface area (Å²) in [7, 11) is 0. The smallest absolute Gasteiger partial charge is 0.0714 e. The third kappa shape index (κ3) is 3.11. The molecule has 0 spiro atoms. The van der Waals surface area contributed by atoms with Gasteiger partial charge < -0.3 is 10.1 Å². The van der Waals surface area contributed by atoms with E-state index < -0.39 is 0 Å². The van der Waals surface area contributed by atoms with Crippen molar-refractivity contribution in [3.63, 3.8) is 0 Å². The van der Waals surface area contributed by atoms with E-state index in [-0.39, 0.29) is 0 Å². The normalized spacial score (nSPS) is 30.0. The molecule has 1 rings (SSSR count). The number of hydrogen-bond acceptors (Lipinski definition) is 2. The van der Waals surface area contributed by atoms with Crippen molar-refractivity contribution >= 4 is 0 Å². The molecule has 12 heavy (non-hydrogen) atoms. The number of ether oxygens (including phenoxy) is 1. The summed E-state index contributed by atoms with van der Waals surface area (Å²) in [5.74, 6) is 0.658. The lowest BCUT2D eigenvalue weighted by molar-refractivity contribution is 0.0471. The molecule has 0 aromatic heterocycles. The van der Waals surface area contributed by atoms with E-state index in [2.05, 4.69) is 26.1 Å². The van der Waals surface area contributed by atoms with Crippen molar-refractivity contribution in [3.8, 4) is 0 Å². The van der Waals surface area contributed by atoms with Crippen molar-refractivity contribution in [2.75, 3.05) is 13.2 Å². The standard InChI is InChI=1S/C10H21NO/c1-4-9-5-10(6-11-9)12-7-8(2)3/h8-11H,4-7H2,1-3H3/t9-,10+/m1/s1. The fraction of sp³-hybridized carbons (Fsp3) is 1.00. The maximum atomic E-state index is 5.73. The third-order valence-electron chi connectivity index (χ3n) is 2.34. The maximum absolute atomic E-state index is 5.73. The Morgan fingerprint density at radius 1 is 1.50 bits per heavy atom. The molecule has 0 aliphatic carbocycles. The molecule has 0 radical (unpaired) electrons. The molecule has 0 aromatic carbocycles. The zero-order valence-corrected chi connectivity index (χ0v) is 8.47. The van der Waals surface area contributed by atoms with Gasteiger partial charge in [0.25, 0.3) is 0 Å². The lowest BCUT2D eigenvalue weighted by Gasteiger charge is -2.12. The molecule has 0 unspecified atom stereocenters. The Bertz CT molecular complexity index is 125. The van der Waals surface area contributed by atoms with Gasteiger partial charge in [0.05, 0.1) is 6.10 Å². The highest BCUT2D eigenvalue weighted by Gasteiger charge is 2.22. The van der Waals surface area contributed by atoms with Gasteiger partial charge in [-0.25, -0.2) is 0 Å². The van der Waals surface area contributed by atoms with Crippen LogP contribution in [0.2, 0.25) is 0 Å². The molecule has 72 valence electrons. The van der Waals surface area contributed by atoms with E-state index in [1.807, 2.05) is 0 Å². The summed E-state index contributed by atoms with van der Waals surface area (Å²) >= 11 is 0. The lowest BCUT2D eigenvalue weighted by Crippen LogP contribution is -2.21. The zero-order chi connectivity index (χ0) is 8.97. The Balaban J connectivity index is 2.11. The minimum Gasteiger partial charge on any atom is -0.377 e. The van der Waals surface area contributed by atoms with Gasteiger partial charge >= 0.3 is 0 Å². The molecular formula is C10H21NO. The number of nitrogens with one attached hydrogen (secondary N) is 1. The van der Waals surface area contributed by atoms with E-state index >= 15 is 0 Å². The van der Waals surface area contributed by atoms with Crippen LogP contribution in [0, 0.1) is 5.92 Å². The van der Waals surface area contributed by atoms with E-state index in [0.29, 0.717) is 18.1 Å². The fourth-order valence-electron chi connectivity index (χ4n) is 1.55. The Kier molecular flexibility index (Phi) is 4.02. The average Bonchev–Trinajstić information content (AvgIpc) is 2.48. The van der Waals surface area contributed by atoms with Gasteiger partial charge in [-0.15, -0.1) is 0 Å². The Morgan fingerprint density at radius 3 is 2.75 bits per heavy atom. The first kappa shape index (κ1) is 10.0. The van der Waals surface area contributed by atoms with Gasteiger partial charge in [-0.2, -0.15) is 0 Å². The molecule has 0 saturated carbocycles. The molecule has 1 N–H and O–H groups in total. The second kappa shape index (κ2) is 4.83. The second-order valence-electron chi connectivity index (χ2n) is 4.10. The summed E-state index contributed by atoms with van der Waals surface area (Å²) in [5.41, 5.74) is 0. The first-order valence-electron chi connectivity index (χ1n) is 5.07. The molecule has 1 fully saturated rings. The van der Waals surface area contributed by atoms with Gasteiger partial charge in [0.15, 0.2) is 0 Å². The molecule has 0 amide bonds. The minimum atomic E-state index is 0.470. The quantitative estimate of drug-likeness (QED) is 0.696. The highest BCUT2D eigenvalue weighted by Crippen LogP contribution is 2.13. The molecule has 1 heterocycles. The predicted octanol–water partition coefficient (Wildman–Crippen LogP) is 1.80. The van der Waals surface area contributed by atoms with Crippen molar-refractivity contribution in [1.82, 2.24) is 5.32 Å². The van der Waals surface area contributed by atoms with Gasteiger partial charge in [-0.05, 0) is 18.8 Å². The van der Waals surface area contributed by atoms with Crippen molar-refractivity contribution in [2.45, 2.75) is 45.8 Å². The van der Waals surface area contributed by atoms with Crippen LogP contribution in [0.3, 0.4) is 0 Å². The first-order chi connectivity index (χ1) is 5.72. The van der Waals surface area contributed by atoms with Crippen molar-refractivity contribution in [3.05, 3.63) is 0 Å². The van der Waals surface area contributed by atoms with Crippen LogP contribution in [-0.2, 0) is 4.74 Å². The van der Waals surface area contributed by atoms with E-state index in [1.54, 1.807) is 0 Å². The number of rotatable bonds is 4. The molecule has 0 bridgehead atoms. The Labute approximate surface area is 75.7 Å². The van der Waals surface area contributed by atoms with Crippen LogP contribution >= 0.6 is 0 Å². The SMILES string of the molecule is CC[C@@H]1C[C@H](OCC(C)C)CN1. The summed E-state index contributed by atoms with van der Waals surface area (Å²) in [6.45, 7) is 8.57. The zero-order valence-electron chi connectivity index (χ0n) is 8.47. The Morgan fingerprint density at radius 2 is 2.25 bits per heavy atom. The summed E-state index contributed by atoms with van der Waals surface area (Å²) in [6, 6.07) is 0.696. The van der Waals surface area contributed by atoms with E-state index in [9.17, 15) is 0 Å². The second-order valence-corrected chi connectivity index (χ2v) is 4.10. The fourth-order valence-corrected chi connectivity index (χ4v) is 1.55. The average molecular weight is 171 g/mol. The molecule has 2 nitrogen and oxygen atoms in total. The van der Waals surface area contributed by atoms with Gasteiger partial charge in [0.1, 0.15) is 0 Å². The van der Waals surface area contributed by atoms with Crippen molar-refractivity contribution < 1.29 is 4.74 Å². The third-order valence-corrected chi connectivity index (χ3v) is 2.34. The van der Waals surface area contributed by atoms with Crippen LogP contribution in [-0.4, -0.2) is 25.3 Å². The van der Waals surface area contributed by atoms with E-state index in [4.69, 9.17) is 4.74 Å². The van der Waals surface area contributed by atoms with Crippen LogP contribution in [0.25, 0.3) is 0 Å². The summed E-state index contributed by atoms with van der Waals surface area (Å²) in [4.78, 5) is 0. The van der Waals surface area contributed by atoms with E-state index in [1.165, 1.54) is 12.8 Å². The number of hydrogen-bond donors (Lipinski definition) is 1. The largest absolute Gasteiger partial charge is 0.377 e. The highest BCUT2D eigenvalue weighted by molar-refractivity contribution is 4.81. The van der Waals surface area contributed by atoms with Crippen LogP contribution in [0.5, 0.6) is 0 Å². The van der Waals surface area contributed by atoms with Crippen LogP contribution < -0.4 is 5.32 Å². The van der Waals surface area contributed by atoms with E-state index in [0.717, 1.165) is 13.2 Å². The van der Waals surface area contributed by atoms with Crippen LogP contribution in [0.15, 0.2) is 0 Å². The van der Waals surface area contributed by atoms with Gasteiger partial charge in [0.2, 0.25) is 0 Å². The lowest BCUT2D eigenvalue weighted by atomic mass is 10.1. The summed E-state index contributed by atoms with van der Waals surface area (Å²) in [5, 5.41) is 3.46. The summed E-state index contributed by atoms with van der Waals surface area (Å²) in [6.07, 6.45) is 2.89. The highest BCUT2D eigenvalue weighted by atomic mass is 16.5. The Hall–Kier alpha value is -0.0800. The molecular weight excluding hydrogens is 150 g/mol. The van der Waals surface area contributed by atoms with Gasteiger partial charge in [-0.3, -0.25) is 0 Å². The minimum absolute atomic E-state index is 0.470. The van der Waals surface area contributed by atoms with Crippen LogP contribution in [0.1, 0.15) is 33.6 Å². The van der Waals surface area contributed by atoms with Gasteiger partial charge in [-0.1, -0.05) is 20.8 Å². The topological polar surface area (TPSA) is 21.3 Å². The molecule has 1 saturated heterocycles. The maximum Gasteiger partial charge on any atom is 0.0714 e. The molecule has 2 atom stereocenters. The van der Waals surface area contributed by atoms with Gasteiger partial charge in [0, 0.05) is 19.2 Å². The molecule has 0 aromatic rings. The molecule has 2 heteroatoms. The van der Waals surface area contributed by atoms with Crippen molar-refractivity contribution in [2.24, 2.45) is 5.92 Å². The predicted molar refractivity (Wildman–Crippen MR) is 51.3 cm³/mol. The van der Waals surface area contributed by atoms with Crippen LogP contribution in [0.4, 0.5) is 0 Å². The molecule has 1 aliphatic heterocycles. The molecule has 1 aliphatic rings. The first-order valence-corrected chi connectivity index (χ1v) is 5.07. The van der Waals surface area contributed by atoms with Crippen molar-refractivity contribution in [1.29, 1.82) is 0 Å². The monoisotopic (exact) mass is 171 g/mol.